The summed E-state index contributed by atoms with van der Waals surface area (Å²) in [6.07, 6.45) is 5.20. The van der Waals surface area contributed by atoms with Crippen molar-refractivity contribution in [2.75, 3.05) is 13.1 Å². The van der Waals surface area contributed by atoms with Crippen LogP contribution in [0.3, 0.4) is 0 Å². The molecule has 18 heavy (non-hydrogen) atoms. The van der Waals surface area contributed by atoms with E-state index in [1.54, 1.807) is 18.3 Å². The lowest BCUT2D eigenvalue weighted by Crippen LogP contribution is -2.42. The number of halogens is 1. The van der Waals surface area contributed by atoms with Crippen LogP contribution in [0, 0.1) is 0 Å². The third-order valence-electron chi connectivity index (χ3n) is 3.93. The lowest BCUT2D eigenvalue weighted by Gasteiger charge is -2.21. The molecule has 1 aromatic rings. The number of pyridine rings is 1. The number of rotatable bonds is 2. The number of nitrogens with zero attached hydrogens (tertiary/aromatic N) is 2. The van der Waals surface area contributed by atoms with E-state index < -0.39 is 0 Å². The van der Waals surface area contributed by atoms with Crippen LogP contribution in [0.4, 0.5) is 0 Å². The SMILES string of the molecule is O=C(NC1CCN2CCCC12)c1cccnc1Br. The molecule has 2 fully saturated rings. The number of carbonyl (C=O) groups excluding carboxylic acids is 1. The van der Waals surface area contributed by atoms with E-state index >= 15 is 0 Å². The van der Waals surface area contributed by atoms with Crippen molar-refractivity contribution in [2.45, 2.75) is 31.3 Å². The van der Waals surface area contributed by atoms with E-state index in [4.69, 9.17) is 0 Å². The summed E-state index contributed by atoms with van der Waals surface area (Å²) in [7, 11) is 0. The zero-order valence-corrected chi connectivity index (χ0v) is 11.7. The highest BCUT2D eigenvalue weighted by Crippen LogP contribution is 2.28. The molecule has 0 radical (unpaired) electrons. The van der Waals surface area contributed by atoms with Crippen LogP contribution in [0.1, 0.15) is 29.6 Å². The van der Waals surface area contributed by atoms with Gasteiger partial charge >= 0.3 is 0 Å². The van der Waals surface area contributed by atoms with Crippen LogP contribution >= 0.6 is 15.9 Å². The van der Waals surface area contributed by atoms with Crippen LogP contribution in [-0.2, 0) is 0 Å². The Hall–Kier alpha value is -0.940. The Labute approximate surface area is 115 Å². The second kappa shape index (κ2) is 4.97. The molecular weight excluding hydrogens is 294 g/mol. The number of aromatic nitrogens is 1. The molecule has 0 saturated carbocycles. The minimum absolute atomic E-state index is 0.0197. The number of hydrogen-bond donors (Lipinski definition) is 1. The minimum Gasteiger partial charge on any atom is -0.348 e. The highest BCUT2D eigenvalue weighted by Gasteiger charge is 2.37. The zero-order chi connectivity index (χ0) is 12.5. The van der Waals surface area contributed by atoms with Crippen molar-refractivity contribution >= 4 is 21.8 Å². The highest BCUT2D eigenvalue weighted by atomic mass is 79.9. The second-order valence-electron chi connectivity index (χ2n) is 4.96. The quantitative estimate of drug-likeness (QED) is 0.848. The maximum absolute atomic E-state index is 12.2. The first-order chi connectivity index (χ1) is 8.75. The van der Waals surface area contributed by atoms with E-state index in [-0.39, 0.29) is 5.91 Å². The number of nitrogens with one attached hydrogen (secondary N) is 1. The Kier molecular flexibility index (Phi) is 3.35. The average molecular weight is 310 g/mol. The first kappa shape index (κ1) is 12.1. The lowest BCUT2D eigenvalue weighted by molar-refractivity contribution is 0.0928. The summed E-state index contributed by atoms with van der Waals surface area (Å²) in [4.78, 5) is 18.8. The molecule has 2 saturated heterocycles. The van der Waals surface area contributed by atoms with Crippen LogP contribution in [0.15, 0.2) is 22.9 Å². The smallest absolute Gasteiger partial charge is 0.254 e. The largest absolute Gasteiger partial charge is 0.348 e. The number of amides is 1. The van der Waals surface area contributed by atoms with Gasteiger partial charge in [0.25, 0.3) is 5.91 Å². The number of carbonyl (C=O) groups is 1. The van der Waals surface area contributed by atoms with Crippen molar-refractivity contribution in [3.8, 4) is 0 Å². The Morgan fingerprint density at radius 3 is 3.17 bits per heavy atom. The van der Waals surface area contributed by atoms with Gasteiger partial charge in [-0.3, -0.25) is 9.69 Å². The fourth-order valence-corrected chi connectivity index (χ4v) is 3.48. The molecule has 4 nitrogen and oxygen atoms in total. The van der Waals surface area contributed by atoms with Gasteiger partial charge in [-0.2, -0.15) is 0 Å². The van der Waals surface area contributed by atoms with Crippen molar-refractivity contribution in [2.24, 2.45) is 0 Å². The van der Waals surface area contributed by atoms with Crippen molar-refractivity contribution in [1.82, 2.24) is 15.2 Å². The highest BCUT2D eigenvalue weighted by molar-refractivity contribution is 9.10. The summed E-state index contributed by atoms with van der Waals surface area (Å²) in [6.45, 7) is 2.30. The summed E-state index contributed by atoms with van der Waals surface area (Å²) < 4.78 is 0.615. The second-order valence-corrected chi connectivity index (χ2v) is 5.71. The van der Waals surface area contributed by atoms with Crippen LogP contribution in [-0.4, -0.2) is 41.0 Å². The van der Waals surface area contributed by atoms with E-state index in [1.807, 2.05) is 0 Å². The van der Waals surface area contributed by atoms with Crippen LogP contribution in [0.2, 0.25) is 0 Å². The van der Waals surface area contributed by atoms with Crippen molar-refractivity contribution in [1.29, 1.82) is 0 Å². The Balaban J connectivity index is 1.70. The minimum atomic E-state index is -0.0197. The maximum atomic E-state index is 12.2. The van der Waals surface area contributed by atoms with Crippen LogP contribution < -0.4 is 5.32 Å². The van der Waals surface area contributed by atoms with Crippen molar-refractivity contribution in [3.63, 3.8) is 0 Å². The average Bonchev–Trinajstić information content (AvgIpc) is 2.94. The Bertz CT molecular complexity index is 465. The van der Waals surface area contributed by atoms with E-state index in [0.717, 1.165) is 13.0 Å². The topological polar surface area (TPSA) is 45.2 Å². The molecule has 5 heteroatoms. The molecule has 0 spiro atoms. The molecule has 96 valence electrons. The van der Waals surface area contributed by atoms with Gasteiger partial charge in [-0.1, -0.05) is 0 Å². The van der Waals surface area contributed by atoms with Crippen molar-refractivity contribution in [3.05, 3.63) is 28.5 Å². The summed E-state index contributed by atoms with van der Waals surface area (Å²) in [5.74, 6) is -0.0197. The van der Waals surface area contributed by atoms with Gasteiger partial charge in [0.15, 0.2) is 0 Å². The molecular formula is C13H16BrN3O. The first-order valence-corrected chi connectivity index (χ1v) is 7.20. The van der Waals surface area contributed by atoms with Crippen molar-refractivity contribution < 1.29 is 4.79 Å². The number of fused-ring (bicyclic) bond motifs is 1. The third kappa shape index (κ3) is 2.17. The van der Waals surface area contributed by atoms with Crippen LogP contribution in [0.5, 0.6) is 0 Å². The Morgan fingerprint density at radius 1 is 1.44 bits per heavy atom. The molecule has 2 aliphatic heterocycles. The van der Waals surface area contributed by atoms with Gasteiger partial charge in [-0.15, -0.1) is 0 Å². The van der Waals surface area contributed by atoms with Gasteiger partial charge in [0.1, 0.15) is 4.60 Å². The molecule has 0 aliphatic carbocycles. The summed E-state index contributed by atoms with van der Waals surface area (Å²) >= 11 is 3.32. The predicted octanol–water partition coefficient (Wildman–Crippen LogP) is 1.81. The third-order valence-corrected chi connectivity index (χ3v) is 4.56. The van der Waals surface area contributed by atoms with Crippen LogP contribution in [0.25, 0.3) is 0 Å². The molecule has 3 rings (SSSR count). The summed E-state index contributed by atoms with van der Waals surface area (Å²) in [5, 5.41) is 3.16. The van der Waals surface area contributed by atoms with Gasteiger partial charge < -0.3 is 5.32 Å². The van der Waals surface area contributed by atoms with Gasteiger partial charge in [0, 0.05) is 24.8 Å². The van der Waals surface area contributed by atoms with E-state index in [1.165, 1.54) is 19.4 Å². The molecule has 1 amide bonds. The zero-order valence-electron chi connectivity index (χ0n) is 10.1. The fraction of sp³-hybridized carbons (Fsp3) is 0.538. The lowest BCUT2D eigenvalue weighted by atomic mass is 10.1. The normalized spacial score (nSPS) is 27.2. The van der Waals surface area contributed by atoms with Gasteiger partial charge in [0.2, 0.25) is 0 Å². The molecule has 2 aliphatic rings. The number of hydrogen-bond acceptors (Lipinski definition) is 3. The predicted molar refractivity (Wildman–Crippen MR) is 72.4 cm³/mol. The molecule has 0 bridgehead atoms. The summed E-state index contributed by atoms with van der Waals surface area (Å²) in [5.41, 5.74) is 0.619. The fourth-order valence-electron chi connectivity index (χ4n) is 3.05. The molecule has 0 aromatic carbocycles. The molecule has 1 aromatic heterocycles. The van der Waals surface area contributed by atoms with Gasteiger partial charge in [0.05, 0.1) is 5.56 Å². The molecule has 2 atom stereocenters. The monoisotopic (exact) mass is 309 g/mol. The van der Waals surface area contributed by atoms with Gasteiger partial charge in [-0.25, -0.2) is 4.98 Å². The van der Waals surface area contributed by atoms with E-state index in [2.05, 4.69) is 31.1 Å². The van der Waals surface area contributed by atoms with E-state index in [9.17, 15) is 4.79 Å². The molecule has 2 unspecified atom stereocenters. The summed E-state index contributed by atoms with van der Waals surface area (Å²) in [6, 6.07) is 4.43. The van der Waals surface area contributed by atoms with E-state index in [0.29, 0.717) is 22.3 Å². The first-order valence-electron chi connectivity index (χ1n) is 6.41. The Morgan fingerprint density at radius 2 is 2.33 bits per heavy atom. The maximum Gasteiger partial charge on any atom is 0.254 e. The van der Waals surface area contributed by atoms with Gasteiger partial charge in [-0.05, 0) is 53.9 Å². The standard InChI is InChI=1S/C13H16BrN3O/c14-12-9(3-1-6-15-12)13(18)16-10-5-8-17-7-2-4-11(10)17/h1,3,6,10-11H,2,4-5,7-8H2,(H,16,18). The molecule has 1 N–H and O–H groups in total. The molecule has 3 heterocycles.